The molecule has 0 saturated heterocycles. The summed E-state index contributed by atoms with van der Waals surface area (Å²) in [5, 5.41) is 6.04. The summed E-state index contributed by atoms with van der Waals surface area (Å²) in [6.45, 7) is 0.398. The number of hydrogen-bond acceptors (Lipinski definition) is 5. The minimum absolute atomic E-state index is 0.214. The molecule has 0 unspecified atom stereocenters. The molecule has 6 nitrogen and oxygen atoms in total. The van der Waals surface area contributed by atoms with Gasteiger partial charge in [-0.05, 0) is 35.9 Å². The van der Waals surface area contributed by atoms with Gasteiger partial charge in [0.2, 0.25) is 0 Å². The maximum absolute atomic E-state index is 12.5. The van der Waals surface area contributed by atoms with Gasteiger partial charge in [0.05, 0.1) is 18.4 Å². The van der Waals surface area contributed by atoms with E-state index in [2.05, 4.69) is 20.6 Å². The van der Waals surface area contributed by atoms with E-state index in [1.807, 2.05) is 36.4 Å². The fraction of sp³-hybridized carbons (Fsp3) is 0.105. The summed E-state index contributed by atoms with van der Waals surface area (Å²) in [6, 6.07) is 14.7. The smallest absolute Gasteiger partial charge is 0.255 e. The molecule has 0 radical (unpaired) electrons. The van der Waals surface area contributed by atoms with Crippen molar-refractivity contribution in [1.82, 2.24) is 15.3 Å². The highest BCUT2D eigenvalue weighted by Crippen LogP contribution is 2.27. The Labute approximate surface area is 145 Å². The summed E-state index contributed by atoms with van der Waals surface area (Å²) in [5.74, 6) is 0.930. The minimum atomic E-state index is -0.214. The van der Waals surface area contributed by atoms with E-state index in [-0.39, 0.29) is 5.91 Å². The number of anilines is 2. The average molecular weight is 334 g/mol. The molecule has 0 aliphatic carbocycles. The molecule has 2 heterocycles. The topological polar surface area (TPSA) is 76.1 Å². The fourth-order valence-electron chi connectivity index (χ4n) is 2.34. The van der Waals surface area contributed by atoms with Crippen molar-refractivity contribution in [1.29, 1.82) is 0 Å². The Morgan fingerprint density at radius 1 is 1.08 bits per heavy atom. The number of nitrogens with zero attached hydrogens (tertiary/aromatic N) is 2. The van der Waals surface area contributed by atoms with Gasteiger partial charge >= 0.3 is 0 Å². The van der Waals surface area contributed by atoms with Gasteiger partial charge in [0.25, 0.3) is 5.91 Å². The van der Waals surface area contributed by atoms with Crippen LogP contribution in [0.3, 0.4) is 0 Å². The van der Waals surface area contributed by atoms with Gasteiger partial charge in [-0.3, -0.25) is 9.78 Å². The van der Waals surface area contributed by atoms with Crippen LogP contribution in [-0.2, 0) is 6.54 Å². The van der Waals surface area contributed by atoms with Gasteiger partial charge in [0.1, 0.15) is 11.6 Å². The first-order valence-corrected chi connectivity index (χ1v) is 7.80. The molecule has 126 valence electrons. The summed E-state index contributed by atoms with van der Waals surface area (Å²) in [4.78, 5) is 20.9. The molecule has 0 saturated carbocycles. The predicted octanol–water partition coefficient (Wildman–Crippen LogP) is 3.16. The summed E-state index contributed by atoms with van der Waals surface area (Å²) in [6.07, 6.45) is 5.05. The normalized spacial score (nSPS) is 10.1. The Balaban J connectivity index is 1.77. The molecule has 0 bridgehead atoms. The summed E-state index contributed by atoms with van der Waals surface area (Å²) in [5.41, 5.74) is 2.13. The van der Waals surface area contributed by atoms with Crippen LogP contribution in [0.5, 0.6) is 5.75 Å². The molecule has 2 aromatic heterocycles. The molecular weight excluding hydrogens is 316 g/mol. The van der Waals surface area contributed by atoms with E-state index in [4.69, 9.17) is 4.74 Å². The minimum Gasteiger partial charge on any atom is -0.495 e. The number of methoxy groups -OCH3 is 1. The Hall–Kier alpha value is -3.41. The summed E-state index contributed by atoms with van der Waals surface area (Å²) < 4.78 is 5.33. The zero-order valence-electron chi connectivity index (χ0n) is 13.8. The lowest BCUT2D eigenvalue weighted by atomic mass is 10.2. The van der Waals surface area contributed by atoms with Gasteiger partial charge in [-0.25, -0.2) is 4.98 Å². The lowest BCUT2D eigenvalue weighted by molar-refractivity contribution is 0.0951. The number of pyridine rings is 2. The van der Waals surface area contributed by atoms with E-state index in [1.165, 1.54) is 0 Å². The highest BCUT2D eigenvalue weighted by molar-refractivity contribution is 5.99. The first-order valence-electron chi connectivity index (χ1n) is 7.80. The molecule has 3 rings (SSSR count). The molecular formula is C19H18N4O2. The maximum Gasteiger partial charge on any atom is 0.255 e. The average Bonchev–Trinajstić information content (AvgIpc) is 2.68. The van der Waals surface area contributed by atoms with Crippen LogP contribution in [0, 0.1) is 0 Å². The number of para-hydroxylation sites is 2. The molecule has 0 fully saturated rings. The summed E-state index contributed by atoms with van der Waals surface area (Å²) in [7, 11) is 1.60. The first-order chi connectivity index (χ1) is 12.3. The van der Waals surface area contributed by atoms with Crippen molar-refractivity contribution < 1.29 is 9.53 Å². The Morgan fingerprint density at radius 2 is 1.92 bits per heavy atom. The lowest BCUT2D eigenvalue weighted by Crippen LogP contribution is -2.24. The Kier molecular flexibility index (Phi) is 5.21. The number of rotatable bonds is 6. The number of ether oxygens (including phenoxy) is 1. The molecule has 25 heavy (non-hydrogen) atoms. The van der Waals surface area contributed by atoms with Crippen LogP contribution in [0.15, 0.2) is 67.1 Å². The number of aromatic nitrogens is 2. The molecule has 0 atom stereocenters. The summed E-state index contributed by atoms with van der Waals surface area (Å²) >= 11 is 0. The monoisotopic (exact) mass is 334 g/mol. The van der Waals surface area contributed by atoms with Crippen LogP contribution in [0.4, 0.5) is 11.5 Å². The molecule has 1 aromatic carbocycles. The number of carbonyl (C=O) groups excluding carboxylic acids is 1. The first kappa shape index (κ1) is 16.4. The Morgan fingerprint density at radius 3 is 2.72 bits per heavy atom. The van der Waals surface area contributed by atoms with Crippen LogP contribution in [0.1, 0.15) is 15.9 Å². The number of nitrogens with one attached hydrogen (secondary N) is 2. The second-order valence-corrected chi connectivity index (χ2v) is 5.27. The van der Waals surface area contributed by atoms with Gasteiger partial charge < -0.3 is 15.4 Å². The van der Waals surface area contributed by atoms with Gasteiger partial charge in [0, 0.05) is 25.1 Å². The van der Waals surface area contributed by atoms with Crippen molar-refractivity contribution in [3.8, 4) is 5.75 Å². The van der Waals surface area contributed by atoms with Crippen LogP contribution in [0.2, 0.25) is 0 Å². The highest BCUT2D eigenvalue weighted by atomic mass is 16.5. The van der Waals surface area contributed by atoms with Crippen molar-refractivity contribution in [3.05, 3.63) is 78.2 Å². The number of amides is 1. The quantitative estimate of drug-likeness (QED) is 0.724. The molecule has 3 aromatic rings. The van der Waals surface area contributed by atoms with Crippen LogP contribution in [0.25, 0.3) is 0 Å². The van der Waals surface area contributed by atoms with E-state index in [1.54, 1.807) is 37.8 Å². The third-order valence-electron chi connectivity index (χ3n) is 3.59. The molecule has 6 heteroatoms. The highest BCUT2D eigenvalue weighted by Gasteiger charge is 2.13. The second kappa shape index (κ2) is 7.92. The molecule has 0 aliphatic rings. The van der Waals surface area contributed by atoms with Gasteiger partial charge in [0.15, 0.2) is 0 Å². The Bertz CT molecular complexity index is 853. The number of benzene rings is 1. The van der Waals surface area contributed by atoms with E-state index in [0.29, 0.717) is 23.7 Å². The molecule has 0 spiro atoms. The van der Waals surface area contributed by atoms with Crippen molar-refractivity contribution in [3.63, 3.8) is 0 Å². The standard InChI is InChI=1S/C19H18N4O2/c1-25-17-9-3-2-8-16(17)23-18-15(7-5-11-21-18)19(24)22-13-14-6-4-10-20-12-14/h2-12H,13H2,1H3,(H,21,23)(H,22,24). The molecule has 0 aliphatic heterocycles. The van der Waals surface area contributed by atoms with Gasteiger partial charge in [-0.15, -0.1) is 0 Å². The van der Waals surface area contributed by atoms with Crippen LogP contribution >= 0.6 is 0 Å². The van der Waals surface area contributed by atoms with Gasteiger partial charge in [-0.2, -0.15) is 0 Å². The van der Waals surface area contributed by atoms with E-state index in [9.17, 15) is 4.79 Å². The zero-order chi connectivity index (χ0) is 17.5. The van der Waals surface area contributed by atoms with Crippen LogP contribution in [-0.4, -0.2) is 23.0 Å². The van der Waals surface area contributed by atoms with Crippen molar-refractivity contribution in [2.75, 3.05) is 12.4 Å². The van der Waals surface area contributed by atoms with Crippen molar-refractivity contribution in [2.24, 2.45) is 0 Å². The largest absolute Gasteiger partial charge is 0.495 e. The van der Waals surface area contributed by atoms with E-state index >= 15 is 0 Å². The third-order valence-corrected chi connectivity index (χ3v) is 3.59. The maximum atomic E-state index is 12.5. The lowest BCUT2D eigenvalue weighted by Gasteiger charge is -2.13. The van der Waals surface area contributed by atoms with Gasteiger partial charge in [-0.1, -0.05) is 18.2 Å². The fourth-order valence-corrected chi connectivity index (χ4v) is 2.34. The van der Waals surface area contributed by atoms with Crippen molar-refractivity contribution in [2.45, 2.75) is 6.54 Å². The van der Waals surface area contributed by atoms with E-state index < -0.39 is 0 Å². The van der Waals surface area contributed by atoms with Crippen LogP contribution < -0.4 is 15.4 Å². The SMILES string of the molecule is COc1ccccc1Nc1ncccc1C(=O)NCc1cccnc1. The van der Waals surface area contributed by atoms with Crippen molar-refractivity contribution >= 4 is 17.4 Å². The second-order valence-electron chi connectivity index (χ2n) is 5.27. The predicted molar refractivity (Wildman–Crippen MR) is 95.9 cm³/mol. The number of carbonyl (C=O) groups is 1. The molecule has 1 amide bonds. The zero-order valence-corrected chi connectivity index (χ0v) is 13.8. The van der Waals surface area contributed by atoms with E-state index in [0.717, 1.165) is 11.3 Å². The number of hydrogen-bond donors (Lipinski definition) is 2. The third kappa shape index (κ3) is 4.11. The molecule has 2 N–H and O–H groups in total.